The summed E-state index contributed by atoms with van der Waals surface area (Å²) in [5.41, 5.74) is 1.27. The molecule has 2 unspecified atom stereocenters. The van der Waals surface area contributed by atoms with E-state index in [1.165, 1.54) is 5.56 Å². The zero-order chi connectivity index (χ0) is 15.5. The predicted molar refractivity (Wildman–Crippen MR) is 92.1 cm³/mol. The minimum Gasteiger partial charge on any atom is -0.472 e. The highest BCUT2D eigenvalue weighted by Crippen LogP contribution is 2.37. The number of piperidine rings is 1. The average molecular weight is 357 g/mol. The van der Waals surface area contributed by atoms with Crippen LogP contribution in [0.2, 0.25) is 15.1 Å². The largest absolute Gasteiger partial charge is 0.472 e. The van der Waals surface area contributed by atoms with Crippen molar-refractivity contribution in [3.63, 3.8) is 0 Å². The molecular weight excluding hydrogens is 341 g/mol. The predicted octanol–water partition coefficient (Wildman–Crippen LogP) is 5.87. The number of benzene rings is 2. The quantitative estimate of drug-likeness (QED) is 0.743. The van der Waals surface area contributed by atoms with Gasteiger partial charge in [-0.25, -0.2) is 0 Å². The molecule has 2 nitrogen and oxygen atoms in total. The van der Waals surface area contributed by atoms with Crippen LogP contribution in [0.5, 0.6) is 5.75 Å². The fourth-order valence-electron chi connectivity index (χ4n) is 2.72. The lowest BCUT2D eigenvalue weighted by atomic mass is 9.97. The number of ether oxygens (including phenoxy) is 1. The molecule has 0 aromatic heterocycles. The number of rotatable bonds is 3. The van der Waals surface area contributed by atoms with Crippen molar-refractivity contribution in [1.29, 1.82) is 0 Å². The van der Waals surface area contributed by atoms with Crippen LogP contribution in [0.25, 0.3) is 0 Å². The first kappa shape index (κ1) is 15.9. The van der Waals surface area contributed by atoms with Crippen molar-refractivity contribution in [2.24, 2.45) is 0 Å². The standard InChI is InChI=1S/C17H16Cl3NO/c18-12-9-13(19)17(14(20)10-12)22-16-8-4-7-15(21-16)11-5-2-1-3-6-11/h1-3,5-6,9-10,15-16,21H,4,7-8H2. The van der Waals surface area contributed by atoms with Crippen LogP contribution in [0.4, 0.5) is 0 Å². The van der Waals surface area contributed by atoms with Gasteiger partial charge in [0.1, 0.15) is 0 Å². The lowest BCUT2D eigenvalue weighted by Crippen LogP contribution is -2.40. The smallest absolute Gasteiger partial charge is 0.158 e. The van der Waals surface area contributed by atoms with Gasteiger partial charge in [-0.1, -0.05) is 65.1 Å². The van der Waals surface area contributed by atoms with Gasteiger partial charge in [-0.2, -0.15) is 0 Å². The van der Waals surface area contributed by atoms with Crippen molar-refractivity contribution in [3.8, 4) is 5.75 Å². The molecule has 1 heterocycles. The molecule has 1 aliphatic rings. The summed E-state index contributed by atoms with van der Waals surface area (Å²) < 4.78 is 5.99. The second kappa shape index (κ2) is 7.10. The molecule has 1 aliphatic heterocycles. The molecule has 5 heteroatoms. The fraction of sp³-hybridized carbons (Fsp3) is 0.294. The molecule has 0 bridgehead atoms. The third-order valence-corrected chi connectivity index (χ3v) is 4.55. The molecular formula is C17H16Cl3NO. The Hall–Kier alpha value is -0.930. The maximum absolute atomic E-state index is 6.19. The molecule has 0 aliphatic carbocycles. The van der Waals surface area contributed by atoms with Crippen LogP contribution in [0, 0.1) is 0 Å². The van der Waals surface area contributed by atoms with Gasteiger partial charge in [0.2, 0.25) is 0 Å². The highest BCUT2D eigenvalue weighted by Gasteiger charge is 2.24. The molecule has 0 saturated carbocycles. The molecule has 3 rings (SSSR count). The number of nitrogens with one attached hydrogen (secondary N) is 1. The molecule has 1 N–H and O–H groups in total. The molecule has 1 fully saturated rings. The van der Waals surface area contributed by atoms with Crippen molar-refractivity contribution in [1.82, 2.24) is 5.32 Å². The van der Waals surface area contributed by atoms with Crippen molar-refractivity contribution < 1.29 is 4.74 Å². The van der Waals surface area contributed by atoms with Crippen molar-refractivity contribution >= 4 is 34.8 Å². The number of halogens is 3. The van der Waals surface area contributed by atoms with E-state index >= 15 is 0 Å². The first-order valence-electron chi connectivity index (χ1n) is 7.25. The Balaban J connectivity index is 1.74. The first-order valence-corrected chi connectivity index (χ1v) is 8.39. The lowest BCUT2D eigenvalue weighted by molar-refractivity contribution is 0.108. The van der Waals surface area contributed by atoms with E-state index in [-0.39, 0.29) is 12.3 Å². The van der Waals surface area contributed by atoms with Gasteiger partial charge in [0.05, 0.1) is 10.0 Å². The first-order chi connectivity index (χ1) is 10.6. The summed E-state index contributed by atoms with van der Waals surface area (Å²) in [4.78, 5) is 0. The van der Waals surface area contributed by atoms with E-state index in [0.717, 1.165) is 19.3 Å². The van der Waals surface area contributed by atoms with E-state index in [4.69, 9.17) is 39.5 Å². The summed E-state index contributed by atoms with van der Waals surface area (Å²) in [6.07, 6.45) is 2.97. The summed E-state index contributed by atoms with van der Waals surface area (Å²) in [5, 5.41) is 4.88. The van der Waals surface area contributed by atoms with Gasteiger partial charge in [0.25, 0.3) is 0 Å². The minimum atomic E-state index is -0.116. The molecule has 22 heavy (non-hydrogen) atoms. The van der Waals surface area contributed by atoms with Gasteiger partial charge < -0.3 is 4.74 Å². The Morgan fingerprint density at radius 1 is 0.955 bits per heavy atom. The summed E-state index contributed by atoms with van der Waals surface area (Å²) in [5.74, 6) is 0.485. The van der Waals surface area contributed by atoms with Gasteiger partial charge >= 0.3 is 0 Å². The monoisotopic (exact) mass is 355 g/mol. The molecule has 116 valence electrons. The molecule has 0 amide bonds. The van der Waals surface area contributed by atoms with Crippen LogP contribution < -0.4 is 10.1 Å². The lowest BCUT2D eigenvalue weighted by Gasteiger charge is -2.32. The van der Waals surface area contributed by atoms with Gasteiger partial charge in [0.15, 0.2) is 12.0 Å². The van der Waals surface area contributed by atoms with Crippen molar-refractivity contribution in [2.75, 3.05) is 0 Å². The second-order valence-corrected chi connectivity index (χ2v) is 6.62. The zero-order valence-electron chi connectivity index (χ0n) is 11.9. The maximum atomic E-state index is 6.19. The SMILES string of the molecule is Clc1cc(Cl)c(OC2CCCC(c3ccccc3)N2)c(Cl)c1. The fourth-order valence-corrected chi connectivity index (χ4v) is 3.63. The Kier molecular flexibility index (Phi) is 5.14. The van der Waals surface area contributed by atoms with Crippen LogP contribution in [-0.4, -0.2) is 6.23 Å². The molecule has 2 atom stereocenters. The van der Waals surface area contributed by atoms with E-state index in [1.807, 2.05) is 6.07 Å². The minimum absolute atomic E-state index is 0.116. The van der Waals surface area contributed by atoms with E-state index < -0.39 is 0 Å². The Morgan fingerprint density at radius 2 is 1.64 bits per heavy atom. The third kappa shape index (κ3) is 3.69. The topological polar surface area (TPSA) is 21.3 Å². The average Bonchev–Trinajstić information content (AvgIpc) is 2.52. The van der Waals surface area contributed by atoms with Gasteiger partial charge in [-0.15, -0.1) is 0 Å². The third-order valence-electron chi connectivity index (χ3n) is 3.77. The molecule has 2 aromatic carbocycles. The zero-order valence-corrected chi connectivity index (χ0v) is 14.1. The van der Waals surface area contributed by atoms with Crippen LogP contribution in [0.1, 0.15) is 30.9 Å². The highest BCUT2D eigenvalue weighted by atomic mass is 35.5. The Labute approximate surface area is 145 Å². The number of hydrogen-bond acceptors (Lipinski definition) is 2. The van der Waals surface area contributed by atoms with Crippen LogP contribution in [-0.2, 0) is 0 Å². The molecule has 1 saturated heterocycles. The Bertz CT molecular complexity index is 625. The summed E-state index contributed by atoms with van der Waals surface area (Å²) in [7, 11) is 0. The van der Waals surface area contributed by atoms with E-state index in [9.17, 15) is 0 Å². The molecule has 0 spiro atoms. The van der Waals surface area contributed by atoms with Crippen LogP contribution >= 0.6 is 34.8 Å². The summed E-state index contributed by atoms with van der Waals surface area (Å²) in [6.45, 7) is 0. The molecule has 2 aromatic rings. The molecule has 0 radical (unpaired) electrons. The maximum Gasteiger partial charge on any atom is 0.158 e. The second-order valence-electron chi connectivity index (χ2n) is 5.37. The van der Waals surface area contributed by atoms with E-state index in [2.05, 4.69) is 29.6 Å². The van der Waals surface area contributed by atoms with E-state index in [0.29, 0.717) is 20.8 Å². The van der Waals surface area contributed by atoms with Crippen molar-refractivity contribution in [2.45, 2.75) is 31.5 Å². The van der Waals surface area contributed by atoms with Crippen LogP contribution in [0.15, 0.2) is 42.5 Å². The van der Waals surface area contributed by atoms with Gasteiger partial charge in [-0.05, 0) is 37.0 Å². The summed E-state index contributed by atoms with van der Waals surface area (Å²) in [6, 6.07) is 13.9. The Morgan fingerprint density at radius 3 is 2.32 bits per heavy atom. The normalized spacial score (nSPS) is 21.6. The van der Waals surface area contributed by atoms with Gasteiger partial charge in [0, 0.05) is 11.1 Å². The number of hydrogen-bond donors (Lipinski definition) is 1. The van der Waals surface area contributed by atoms with Gasteiger partial charge in [-0.3, -0.25) is 5.32 Å². The van der Waals surface area contributed by atoms with E-state index in [1.54, 1.807) is 12.1 Å². The van der Waals surface area contributed by atoms with Crippen LogP contribution in [0.3, 0.4) is 0 Å². The highest BCUT2D eigenvalue weighted by molar-refractivity contribution is 6.40. The van der Waals surface area contributed by atoms with Crippen molar-refractivity contribution in [3.05, 3.63) is 63.1 Å². The summed E-state index contributed by atoms with van der Waals surface area (Å²) >= 11 is 18.3.